The van der Waals surface area contributed by atoms with Gasteiger partial charge in [-0.15, -0.1) is 0 Å². The Morgan fingerprint density at radius 3 is 2.79 bits per heavy atom. The summed E-state index contributed by atoms with van der Waals surface area (Å²) in [5.74, 6) is 0.594. The van der Waals surface area contributed by atoms with Gasteiger partial charge in [0.2, 0.25) is 0 Å². The van der Waals surface area contributed by atoms with Crippen molar-refractivity contribution >= 4 is 23.2 Å². The van der Waals surface area contributed by atoms with E-state index in [0.29, 0.717) is 11.4 Å². The molecule has 0 radical (unpaired) electrons. The van der Waals surface area contributed by atoms with Crippen molar-refractivity contribution in [3.05, 3.63) is 59.1 Å². The molecule has 3 nitrogen and oxygen atoms in total. The molecule has 0 saturated heterocycles. The summed E-state index contributed by atoms with van der Waals surface area (Å²) in [5.41, 5.74) is 1.74. The standard InChI is InChI=1S/C15H12ClNO2/c16-11-6-7-13-10(8-11)9-14(19-13)15(18)17-12-4-2-1-3-5-12/h1-8,14H,9H2,(H,17,18). The monoisotopic (exact) mass is 273 g/mol. The van der Waals surface area contributed by atoms with Crippen molar-refractivity contribution < 1.29 is 9.53 Å². The van der Waals surface area contributed by atoms with Crippen LogP contribution in [0.1, 0.15) is 5.56 Å². The molecule has 1 atom stereocenters. The van der Waals surface area contributed by atoms with Gasteiger partial charge in [0, 0.05) is 17.1 Å². The predicted molar refractivity (Wildman–Crippen MR) is 74.6 cm³/mol. The lowest BCUT2D eigenvalue weighted by Gasteiger charge is -2.11. The van der Waals surface area contributed by atoms with E-state index in [-0.39, 0.29) is 5.91 Å². The second-order valence-electron chi connectivity index (χ2n) is 4.42. The Bertz CT molecular complexity index is 613. The molecule has 0 fully saturated rings. The molecule has 0 aliphatic carbocycles. The molecule has 0 saturated carbocycles. The maximum Gasteiger partial charge on any atom is 0.265 e. The van der Waals surface area contributed by atoms with Crippen LogP contribution in [0.2, 0.25) is 5.02 Å². The Labute approximate surface area is 116 Å². The molecular formula is C15H12ClNO2. The number of nitrogens with one attached hydrogen (secondary N) is 1. The van der Waals surface area contributed by atoms with Crippen molar-refractivity contribution in [2.75, 3.05) is 5.32 Å². The van der Waals surface area contributed by atoms with Gasteiger partial charge in [0.25, 0.3) is 5.91 Å². The number of hydrogen-bond acceptors (Lipinski definition) is 2. The highest BCUT2D eigenvalue weighted by Gasteiger charge is 2.29. The number of ether oxygens (including phenoxy) is 1. The molecule has 96 valence electrons. The first-order valence-corrected chi connectivity index (χ1v) is 6.41. The Balaban J connectivity index is 1.71. The molecule has 19 heavy (non-hydrogen) atoms. The molecule has 2 aromatic carbocycles. The minimum atomic E-state index is -0.492. The van der Waals surface area contributed by atoms with Crippen LogP contribution in [0.4, 0.5) is 5.69 Å². The van der Waals surface area contributed by atoms with E-state index >= 15 is 0 Å². The zero-order chi connectivity index (χ0) is 13.2. The first-order chi connectivity index (χ1) is 9.22. The average Bonchev–Trinajstić information content (AvgIpc) is 2.83. The van der Waals surface area contributed by atoms with Gasteiger partial charge in [-0.2, -0.15) is 0 Å². The summed E-state index contributed by atoms with van der Waals surface area (Å²) >= 11 is 5.92. The van der Waals surface area contributed by atoms with E-state index in [2.05, 4.69) is 5.32 Å². The Hall–Kier alpha value is -2.00. The van der Waals surface area contributed by atoms with Crippen molar-refractivity contribution in [2.45, 2.75) is 12.5 Å². The van der Waals surface area contributed by atoms with E-state index in [9.17, 15) is 4.79 Å². The van der Waals surface area contributed by atoms with Crippen LogP contribution in [0.15, 0.2) is 48.5 Å². The van der Waals surface area contributed by atoms with Crippen molar-refractivity contribution in [3.63, 3.8) is 0 Å². The maximum absolute atomic E-state index is 12.1. The number of fused-ring (bicyclic) bond motifs is 1. The summed E-state index contributed by atoms with van der Waals surface area (Å²) in [6.07, 6.45) is 0.0582. The quantitative estimate of drug-likeness (QED) is 0.912. The van der Waals surface area contributed by atoms with E-state index in [1.54, 1.807) is 12.1 Å². The normalized spacial score (nSPS) is 16.6. The minimum Gasteiger partial charge on any atom is -0.480 e. The van der Waals surface area contributed by atoms with Crippen LogP contribution in [0, 0.1) is 0 Å². The van der Waals surface area contributed by atoms with Crippen LogP contribution < -0.4 is 10.1 Å². The first-order valence-electron chi connectivity index (χ1n) is 6.03. The van der Waals surface area contributed by atoms with Crippen molar-refractivity contribution in [1.82, 2.24) is 0 Å². The van der Waals surface area contributed by atoms with Gasteiger partial charge >= 0.3 is 0 Å². The second-order valence-corrected chi connectivity index (χ2v) is 4.85. The molecular weight excluding hydrogens is 262 g/mol. The summed E-state index contributed by atoms with van der Waals surface area (Å²) < 4.78 is 5.63. The molecule has 3 rings (SSSR count). The van der Waals surface area contributed by atoms with Crippen LogP contribution in [0.3, 0.4) is 0 Å². The summed E-state index contributed by atoms with van der Waals surface area (Å²) in [6.45, 7) is 0. The van der Waals surface area contributed by atoms with Gasteiger partial charge in [-0.1, -0.05) is 29.8 Å². The number of carbonyl (C=O) groups is 1. The molecule has 0 aromatic heterocycles. The summed E-state index contributed by atoms with van der Waals surface area (Å²) in [4.78, 5) is 12.1. The third-order valence-corrected chi connectivity index (χ3v) is 3.27. The highest BCUT2D eigenvalue weighted by molar-refractivity contribution is 6.30. The lowest BCUT2D eigenvalue weighted by Crippen LogP contribution is -2.31. The molecule has 1 aliphatic rings. The SMILES string of the molecule is O=C(Nc1ccccc1)C1Cc2cc(Cl)ccc2O1. The average molecular weight is 274 g/mol. The van der Waals surface area contributed by atoms with Gasteiger partial charge in [-0.05, 0) is 35.9 Å². The van der Waals surface area contributed by atoms with Crippen molar-refractivity contribution in [3.8, 4) is 5.75 Å². The highest BCUT2D eigenvalue weighted by Crippen LogP contribution is 2.31. The number of amides is 1. The number of anilines is 1. The number of para-hydroxylation sites is 1. The van der Waals surface area contributed by atoms with Crippen molar-refractivity contribution in [2.24, 2.45) is 0 Å². The second kappa shape index (κ2) is 4.94. The van der Waals surface area contributed by atoms with E-state index < -0.39 is 6.10 Å². The van der Waals surface area contributed by atoms with E-state index in [1.807, 2.05) is 36.4 Å². The predicted octanol–water partition coefficient (Wildman–Crippen LogP) is 3.28. The Morgan fingerprint density at radius 1 is 1.21 bits per heavy atom. The molecule has 1 heterocycles. The van der Waals surface area contributed by atoms with Crippen LogP contribution >= 0.6 is 11.6 Å². The lowest BCUT2D eigenvalue weighted by molar-refractivity contribution is -0.122. The molecule has 1 N–H and O–H groups in total. The largest absolute Gasteiger partial charge is 0.480 e. The fourth-order valence-corrected chi connectivity index (χ4v) is 2.30. The number of hydrogen-bond donors (Lipinski definition) is 1. The molecule has 2 aromatic rings. The molecule has 0 bridgehead atoms. The Morgan fingerprint density at radius 2 is 2.00 bits per heavy atom. The zero-order valence-corrected chi connectivity index (χ0v) is 10.9. The zero-order valence-electron chi connectivity index (χ0n) is 10.1. The fraction of sp³-hybridized carbons (Fsp3) is 0.133. The lowest BCUT2D eigenvalue weighted by atomic mass is 10.1. The van der Waals surface area contributed by atoms with Gasteiger partial charge in [-0.3, -0.25) is 4.79 Å². The Kier molecular flexibility index (Phi) is 3.13. The number of rotatable bonds is 2. The molecule has 0 spiro atoms. The van der Waals surface area contributed by atoms with Gasteiger partial charge in [0.1, 0.15) is 5.75 Å². The van der Waals surface area contributed by atoms with Crippen LogP contribution in [0.25, 0.3) is 0 Å². The third-order valence-electron chi connectivity index (χ3n) is 3.03. The molecule has 1 amide bonds. The van der Waals surface area contributed by atoms with Crippen LogP contribution in [-0.2, 0) is 11.2 Å². The van der Waals surface area contributed by atoms with Gasteiger partial charge in [-0.25, -0.2) is 0 Å². The summed E-state index contributed by atoms with van der Waals surface area (Å²) in [7, 11) is 0. The van der Waals surface area contributed by atoms with Gasteiger partial charge < -0.3 is 10.1 Å². The maximum atomic E-state index is 12.1. The summed E-state index contributed by atoms with van der Waals surface area (Å²) in [5, 5.41) is 3.50. The van der Waals surface area contributed by atoms with Crippen molar-refractivity contribution in [1.29, 1.82) is 0 Å². The minimum absolute atomic E-state index is 0.140. The number of halogens is 1. The molecule has 1 aliphatic heterocycles. The first kappa shape index (κ1) is 12.1. The third kappa shape index (κ3) is 2.56. The van der Waals surface area contributed by atoms with Crippen LogP contribution in [-0.4, -0.2) is 12.0 Å². The number of carbonyl (C=O) groups excluding carboxylic acids is 1. The van der Waals surface area contributed by atoms with E-state index in [1.165, 1.54) is 0 Å². The van der Waals surface area contributed by atoms with Gasteiger partial charge in [0.15, 0.2) is 6.10 Å². The summed E-state index contributed by atoms with van der Waals surface area (Å²) in [6, 6.07) is 14.7. The van der Waals surface area contributed by atoms with E-state index in [4.69, 9.17) is 16.3 Å². The highest BCUT2D eigenvalue weighted by atomic mass is 35.5. The fourth-order valence-electron chi connectivity index (χ4n) is 2.11. The smallest absolute Gasteiger partial charge is 0.265 e. The molecule has 4 heteroatoms. The molecule has 1 unspecified atom stereocenters. The van der Waals surface area contributed by atoms with E-state index in [0.717, 1.165) is 17.0 Å². The number of benzene rings is 2. The topological polar surface area (TPSA) is 38.3 Å². The van der Waals surface area contributed by atoms with Gasteiger partial charge in [0.05, 0.1) is 0 Å². The van der Waals surface area contributed by atoms with Crippen LogP contribution in [0.5, 0.6) is 5.75 Å².